The maximum atomic E-state index is 12.7. The molecule has 0 saturated carbocycles. The highest BCUT2D eigenvalue weighted by atomic mass is 16.5. The first-order valence-electron chi connectivity index (χ1n) is 8.85. The maximum Gasteiger partial charge on any atom is 0.237 e. The van der Waals surface area contributed by atoms with Gasteiger partial charge in [-0.1, -0.05) is 38.1 Å². The van der Waals surface area contributed by atoms with Crippen molar-refractivity contribution in [3.05, 3.63) is 35.4 Å². The van der Waals surface area contributed by atoms with Crippen LogP contribution in [0.4, 0.5) is 0 Å². The van der Waals surface area contributed by atoms with Gasteiger partial charge in [-0.2, -0.15) is 0 Å². The van der Waals surface area contributed by atoms with E-state index >= 15 is 0 Å². The molecule has 1 N–H and O–H groups in total. The molecule has 1 aromatic carbocycles. The summed E-state index contributed by atoms with van der Waals surface area (Å²) < 4.78 is 5.61. The molecule has 0 radical (unpaired) electrons. The highest BCUT2D eigenvalue weighted by Crippen LogP contribution is 2.23. The normalized spacial score (nSPS) is 22.8. The molecule has 23 heavy (non-hydrogen) atoms. The lowest BCUT2D eigenvalue weighted by molar-refractivity contribution is -0.129. The predicted molar refractivity (Wildman–Crippen MR) is 91.2 cm³/mol. The zero-order chi connectivity index (χ0) is 16.2. The van der Waals surface area contributed by atoms with E-state index < -0.39 is 0 Å². The number of nitrogens with one attached hydrogen (secondary N) is 1. The Hall–Kier alpha value is -1.39. The van der Waals surface area contributed by atoms with Gasteiger partial charge in [0.1, 0.15) is 0 Å². The van der Waals surface area contributed by atoms with E-state index in [1.165, 1.54) is 11.1 Å². The monoisotopic (exact) mass is 316 g/mol. The summed E-state index contributed by atoms with van der Waals surface area (Å²) in [4.78, 5) is 15.1. The molecule has 0 aromatic heterocycles. The molecule has 0 bridgehead atoms. The van der Waals surface area contributed by atoms with Crippen LogP contribution in [0.25, 0.3) is 0 Å². The molecule has 0 spiro atoms. The minimum absolute atomic E-state index is 0.0650. The standard InChI is InChI=1S/C19H28N2O2/c1-14(2)18(19(22)20-12-17-8-5-11-23-17)21-10-9-15-6-3-4-7-16(15)13-21/h3-4,6-7,14,17-18H,5,8-13H2,1-2H3,(H,20,22)/t17-,18+/m0/s1. The molecule has 3 rings (SSSR count). The van der Waals surface area contributed by atoms with E-state index in [0.717, 1.165) is 39.0 Å². The van der Waals surface area contributed by atoms with Gasteiger partial charge in [0.2, 0.25) is 5.91 Å². The minimum Gasteiger partial charge on any atom is -0.376 e. The Balaban J connectivity index is 1.63. The van der Waals surface area contributed by atoms with E-state index in [0.29, 0.717) is 12.5 Å². The molecule has 2 aliphatic rings. The molecule has 2 aliphatic heterocycles. The Morgan fingerprint density at radius 1 is 1.35 bits per heavy atom. The predicted octanol–water partition coefficient (Wildman–Crippen LogP) is 2.36. The molecule has 1 amide bonds. The van der Waals surface area contributed by atoms with Crippen LogP contribution in [0.5, 0.6) is 0 Å². The number of ether oxygens (including phenoxy) is 1. The molecule has 2 atom stereocenters. The second kappa shape index (κ2) is 7.45. The fourth-order valence-electron chi connectivity index (χ4n) is 3.77. The average molecular weight is 316 g/mol. The molecule has 1 saturated heterocycles. The number of carbonyl (C=O) groups excluding carboxylic acids is 1. The van der Waals surface area contributed by atoms with Gasteiger partial charge in [-0.15, -0.1) is 0 Å². The van der Waals surface area contributed by atoms with E-state index in [4.69, 9.17) is 4.74 Å². The molecule has 126 valence electrons. The minimum atomic E-state index is -0.0650. The van der Waals surface area contributed by atoms with Crippen LogP contribution in [-0.2, 0) is 22.5 Å². The largest absolute Gasteiger partial charge is 0.376 e. The van der Waals surface area contributed by atoms with Gasteiger partial charge in [-0.3, -0.25) is 9.69 Å². The smallest absolute Gasteiger partial charge is 0.237 e. The first kappa shape index (κ1) is 16.5. The van der Waals surface area contributed by atoms with Gasteiger partial charge in [-0.05, 0) is 36.3 Å². The van der Waals surface area contributed by atoms with Crippen LogP contribution in [0, 0.1) is 5.92 Å². The fourth-order valence-corrected chi connectivity index (χ4v) is 3.77. The summed E-state index contributed by atoms with van der Waals surface area (Å²) in [5.74, 6) is 0.444. The van der Waals surface area contributed by atoms with Crippen molar-refractivity contribution in [3.63, 3.8) is 0 Å². The Kier molecular flexibility index (Phi) is 5.34. The van der Waals surface area contributed by atoms with Crippen molar-refractivity contribution in [1.29, 1.82) is 0 Å². The third-order valence-corrected chi connectivity index (χ3v) is 4.98. The van der Waals surface area contributed by atoms with Crippen LogP contribution >= 0.6 is 0 Å². The summed E-state index contributed by atoms with van der Waals surface area (Å²) in [6, 6.07) is 8.51. The molecule has 4 nitrogen and oxygen atoms in total. The van der Waals surface area contributed by atoms with Gasteiger partial charge < -0.3 is 10.1 Å². The van der Waals surface area contributed by atoms with Crippen LogP contribution in [-0.4, -0.2) is 42.6 Å². The third-order valence-electron chi connectivity index (χ3n) is 4.98. The van der Waals surface area contributed by atoms with E-state index in [1.807, 2.05) is 0 Å². The van der Waals surface area contributed by atoms with Crippen molar-refractivity contribution < 1.29 is 9.53 Å². The second-order valence-corrected chi connectivity index (χ2v) is 7.06. The number of benzene rings is 1. The van der Waals surface area contributed by atoms with Crippen molar-refractivity contribution >= 4 is 5.91 Å². The topological polar surface area (TPSA) is 41.6 Å². The molecule has 1 fully saturated rings. The lowest BCUT2D eigenvalue weighted by Crippen LogP contribution is -2.52. The fraction of sp³-hybridized carbons (Fsp3) is 0.632. The second-order valence-electron chi connectivity index (χ2n) is 7.06. The number of fused-ring (bicyclic) bond motifs is 1. The lowest BCUT2D eigenvalue weighted by Gasteiger charge is -2.37. The Morgan fingerprint density at radius 3 is 2.83 bits per heavy atom. The summed E-state index contributed by atoms with van der Waals surface area (Å²) in [7, 11) is 0. The number of hydrogen-bond donors (Lipinski definition) is 1. The van der Waals surface area contributed by atoms with Gasteiger partial charge in [0.15, 0.2) is 0 Å². The zero-order valence-corrected chi connectivity index (χ0v) is 14.3. The van der Waals surface area contributed by atoms with Crippen LogP contribution in [0.2, 0.25) is 0 Å². The SMILES string of the molecule is CC(C)[C@H](C(=O)NC[C@@H]1CCCO1)N1CCc2ccccc2C1. The van der Waals surface area contributed by atoms with Crippen LogP contribution in [0.3, 0.4) is 0 Å². The highest BCUT2D eigenvalue weighted by Gasteiger charge is 2.31. The van der Waals surface area contributed by atoms with Gasteiger partial charge in [0.05, 0.1) is 12.1 Å². The molecular formula is C19H28N2O2. The molecule has 4 heteroatoms. The van der Waals surface area contributed by atoms with E-state index in [1.54, 1.807) is 0 Å². The number of amides is 1. The van der Waals surface area contributed by atoms with Gasteiger partial charge in [0, 0.05) is 26.2 Å². The van der Waals surface area contributed by atoms with Crippen molar-refractivity contribution in [2.75, 3.05) is 19.7 Å². The van der Waals surface area contributed by atoms with Crippen molar-refractivity contribution in [1.82, 2.24) is 10.2 Å². The Labute approximate surface area is 139 Å². The maximum absolute atomic E-state index is 12.7. The van der Waals surface area contributed by atoms with Gasteiger partial charge in [0.25, 0.3) is 0 Å². The van der Waals surface area contributed by atoms with Gasteiger partial charge >= 0.3 is 0 Å². The Morgan fingerprint density at radius 2 is 2.13 bits per heavy atom. The quantitative estimate of drug-likeness (QED) is 0.907. The molecule has 2 heterocycles. The van der Waals surface area contributed by atoms with Crippen molar-refractivity contribution in [2.45, 2.75) is 51.8 Å². The lowest BCUT2D eigenvalue weighted by atomic mass is 9.94. The van der Waals surface area contributed by atoms with Crippen molar-refractivity contribution in [2.24, 2.45) is 5.92 Å². The zero-order valence-electron chi connectivity index (χ0n) is 14.3. The van der Waals surface area contributed by atoms with E-state index in [2.05, 4.69) is 48.3 Å². The molecule has 1 aromatic rings. The average Bonchev–Trinajstić information content (AvgIpc) is 3.06. The summed E-state index contributed by atoms with van der Waals surface area (Å²) >= 11 is 0. The van der Waals surface area contributed by atoms with Crippen molar-refractivity contribution in [3.8, 4) is 0 Å². The van der Waals surface area contributed by atoms with E-state index in [9.17, 15) is 4.79 Å². The van der Waals surface area contributed by atoms with Crippen LogP contribution in [0.1, 0.15) is 37.8 Å². The molecule has 0 unspecified atom stereocenters. The summed E-state index contributed by atoms with van der Waals surface area (Å²) in [6.45, 7) is 7.57. The van der Waals surface area contributed by atoms with Gasteiger partial charge in [-0.25, -0.2) is 0 Å². The first-order valence-corrected chi connectivity index (χ1v) is 8.85. The Bertz CT molecular complexity index is 538. The number of carbonyl (C=O) groups is 1. The van der Waals surface area contributed by atoms with Crippen LogP contribution in [0.15, 0.2) is 24.3 Å². The summed E-state index contributed by atoms with van der Waals surface area (Å²) in [5, 5.41) is 3.12. The number of hydrogen-bond acceptors (Lipinski definition) is 3. The van der Waals surface area contributed by atoms with Crippen LogP contribution < -0.4 is 5.32 Å². The highest BCUT2D eigenvalue weighted by molar-refractivity contribution is 5.82. The first-order chi connectivity index (χ1) is 11.1. The summed E-state index contributed by atoms with van der Waals surface area (Å²) in [6.07, 6.45) is 3.40. The number of nitrogens with zero attached hydrogens (tertiary/aromatic N) is 1. The molecular weight excluding hydrogens is 288 g/mol. The number of rotatable bonds is 5. The molecule has 0 aliphatic carbocycles. The third kappa shape index (κ3) is 3.93. The van der Waals surface area contributed by atoms with E-state index in [-0.39, 0.29) is 18.1 Å². The summed E-state index contributed by atoms with van der Waals surface area (Å²) in [5.41, 5.74) is 2.78.